The number of aromatic nitrogens is 3. The molecule has 2 heterocycles. The molecule has 1 aliphatic carbocycles. The van der Waals surface area contributed by atoms with Crippen LogP contribution >= 0.6 is 0 Å². The lowest BCUT2D eigenvalue weighted by atomic mass is 9.97. The van der Waals surface area contributed by atoms with E-state index in [4.69, 9.17) is 5.73 Å². The molecule has 2 aromatic rings. The van der Waals surface area contributed by atoms with Crippen LogP contribution in [0.2, 0.25) is 0 Å². The molecule has 5 heteroatoms. The van der Waals surface area contributed by atoms with Crippen molar-refractivity contribution in [3.63, 3.8) is 0 Å². The molecule has 1 fully saturated rings. The lowest BCUT2D eigenvalue weighted by molar-refractivity contribution is 0.699. The molecule has 0 unspecified atom stereocenters. The molecule has 0 aliphatic heterocycles. The van der Waals surface area contributed by atoms with Gasteiger partial charge in [0.1, 0.15) is 23.3 Å². The topological polar surface area (TPSA) is 88.5 Å². The zero-order valence-corrected chi connectivity index (χ0v) is 12.0. The number of rotatable bonds is 2. The number of nitriles is 1. The van der Waals surface area contributed by atoms with Gasteiger partial charge in [-0.1, -0.05) is 12.8 Å². The largest absolute Gasteiger partial charge is 0.383 e. The summed E-state index contributed by atoms with van der Waals surface area (Å²) in [5.41, 5.74) is 8.98. The van der Waals surface area contributed by atoms with E-state index >= 15 is 0 Å². The van der Waals surface area contributed by atoms with Gasteiger partial charge in [0.25, 0.3) is 0 Å². The second kappa shape index (κ2) is 5.49. The third-order valence-electron chi connectivity index (χ3n) is 4.04. The highest BCUT2D eigenvalue weighted by molar-refractivity contribution is 5.74. The van der Waals surface area contributed by atoms with E-state index in [1.54, 1.807) is 12.4 Å². The van der Waals surface area contributed by atoms with Crippen molar-refractivity contribution < 1.29 is 0 Å². The summed E-state index contributed by atoms with van der Waals surface area (Å²) in [5, 5.41) is 9.36. The van der Waals surface area contributed by atoms with Crippen molar-refractivity contribution in [2.75, 3.05) is 5.73 Å². The van der Waals surface area contributed by atoms with Gasteiger partial charge in [-0.2, -0.15) is 5.26 Å². The number of anilines is 1. The Morgan fingerprint density at radius 2 is 1.90 bits per heavy atom. The number of nitrogen functional groups attached to an aromatic ring is 1. The van der Waals surface area contributed by atoms with Crippen molar-refractivity contribution in [3.8, 4) is 17.2 Å². The molecule has 1 saturated carbocycles. The number of hydrogen-bond acceptors (Lipinski definition) is 5. The highest BCUT2D eigenvalue weighted by atomic mass is 14.9. The Morgan fingerprint density at radius 3 is 2.52 bits per heavy atom. The van der Waals surface area contributed by atoms with Gasteiger partial charge in [-0.05, 0) is 25.8 Å². The fourth-order valence-electron chi connectivity index (χ4n) is 2.89. The third kappa shape index (κ3) is 2.57. The van der Waals surface area contributed by atoms with Gasteiger partial charge >= 0.3 is 0 Å². The minimum atomic E-state index is 0.303. The van der Waals surface area contributed by atoms with Gasteiger partial charge in [-0.3, -0.25) is 0 Å². The van der Waals surface area contributed by atoms with Gasteiger partial charge in [-0.15, -0.1) is 0 Å². The summed E-state index contributed by atoms with van der Waals surface area (Å²) in [5.74, 6) is 1.46. The average molecular weight is 279 g/mol. The maximum Gasteiger partial charge on any atom is 0.142 e. The lowest BCUT2D eigenvalue weighted by Gasteiger charge is -2.13. The minimum Gasteiger partial charge on any atom is -0.383 e. The summed E-state index contributed by atoms with van der Waals surface area (Å²) in [6.45, 7) is 1.83. The van der Waals surface area contributed by atoms with Crippen molar-refractivity contribution in [2.24, 2.45) is 0 Å². The molecule has 21 heavy (non-hydrogen) atoms. The molecule has 0 radical (unpaired) electrons. The van der Waals surface area contributed by atoms with Crippen LogP contribution < -0.4 is 5.73 Å². The number of hydrogen-bond donors (Lipinski definition) is 1. The molecule has 2 N–H and O–H groups in total. The molecule has 3 rings (SSSR count). The van der Waals surface area contributed by atoms with Crippen molar-refractivity contribution in [2.45, 2.75) is 38.5 Å². The summed E-state index contributed by atoms with van der Waals surface area (Å²) in [6.07, 6.45) is 8.21. The van der Waals surface area contributed by atoms with Gasteiger partial charge in [0, 0.05) is 35.1 Å². The molecule has 0 aromatic carbocycles. The SMILES string of the molecule is Cc1ncc(-c2cc(C3CCCC3)nc(N)c2C#N)cn1. The molecule has 1 aliphatic rings. The van der Waals surface area contributed by atoms with Crippen molar-refractivity contribution in [1.29, 1.82) is 5.26 Å². The fraction of sp³-hybridized carbons (Fsp3) is 0.375. The van der Waals surface area contributed by atoms with E-state index in [0.29, 0.717) is 23.1 Å². The Hall–Kier alpha value is -2.48. The lowest BCUT2D eigenvalue weighted by Crippen LogP contribution is -2.05. The Labute approximate surface area is 123 Å². The molecule has 2 aromatic heterocycles. The van der Waals surface area contributed by atoms with E-state index in [2.05, 4.69) is 21.0 Å². The maximum atomic E-state index is 9.36. The van der Waals surface area contributed by atoms with E-state index in [1.165, 1.54) is 12.8 Å². The van der Waals surface area contributed by atoms with E-state index in [1.807, 2.05) is 13.0 Å². The van der Waals surface area contributed by atoms with Crippen LogP contribution in [0.15, 0.2) is 18.5 Å². The quantitative estimate of drug-likeness (QED) is 0.913. The molecule has 0 bridgehead atoms. The Balaban J connectivity index is 2.12. The van der Waals surface area contributed by atoms with E-state index in [-0.39, 0.29) is 0 Å². The predicted molar refractivity (Wildman–Crippen MR) is 80.3 cm³/mol. The predicted octanol–water partition coefficient (Wildman–Crippen LogP) is 2.96. The summed E-state index contributed by atoms with van der Waals surface area (Å²) in [7, 11) is 0. The molecule has 0 saturated heterocycles. The van der Waals surface area contributed by atoms with Crippen LogP contribution in [0, 0.1) is 18.3 Å². The first-order valence-electron chi connectivity index (χ1n) is 7.18. The molecule has 0 atom stereocenters. The van der Waals surface area contributed by atoms with E-state index in [0.717, 1.165) is 29.7 Å². The zero-order valence-electron chi connectivity index (χ0n) is 12.0. The van der Waals surface area contributed by atoms with E-state index in [9.17, 15) is 5.26 Å². The molecular weight excluding hydrogens is 262 g/mol. The summed E-state index contributed by atoms with van der Waals surface area (Å²) in [6, 6.07) is 4.14. The van der Waals surface area contributed by atoms with Gasteiger partial charge in [0.2, 0.25) is 0 Å². The van der Waals surface area contributed by atoms with Crippen molar-refractivity contribution in [1.82, 2.24) is 15.0 Å². The fourth-order valence-corrected chi connectivity index (χ4v) is 2.89. The van der Waals surface area contributed by atoms with E-state index < -0.39 is 0 Å². The van der Waals surface area contributed by atoms with Crippen LogP contribution in [0.1, 0.15) is 48.7 Å². The number of aryl methyl sites for hydroxylation is 1. The van der Waals surface area contributed by atoms with Crippen LogP contribution in [0.4, 0.5) is 5.82 Å². The number of pyridine rings is 1. The first-order valence-corrected chi connectivity index (χ1v) is 7.18. The summed E-state index contributed by atoms with van der Waals surface area (Å²) in [4.78, 5) is 12.9. The van der Waals surface area contributed by atoms with Crippen LogP contribution in [0.3, 0.4) is 0 Å². The average Bonchev–Trinajstić information content (AvgIpc) is 3.01. The van der Waals surface area contributed by atoms with Crippen LogP contribution in [0.25, 0.3) is 11.1 Å². The molecular formula is C16H17N5. The second-order valence-electron chi connectivity index (χ2n) is 5.47. The van der Waals surface area contributed by atoms with Crippen LogP contribution in [0.5, 0.6) is 0 Å². The molecule has 5 nitrogen and oxygen atoms in total. The normalized spacial score (nSPS) is 15.0. The monoisotopic (exact) mass is 279 g/mol. The van der Waals surface area contributed by atoms with Crippen molar-refractivity contribution in [3.05, 3.63) is 35.5 Å². The number of nitrogens with two attached hydrogens (primary N) is 1. The van der Waals surface area contributed by atoms with Crippen molar-refractivity contribution >= 4 is 5.82 Å². The third-order valence-corrected chi connectivity index (χ3v) is 4.04. The van der Waals surface area contributed by atoms with Gasteiger partial charge < -0.3 is 5.73 Å². The van der Waals surface area contributed by atoms with Crippen LogP contribution in [-0.4, -0.2) is 15.0 Å². The molecule has 106 valence electrons. The summed E-state index contributed by atoms with van der Waals surface area (Å²) >= 11 is 0. The van der Waals surface area contributed by atoms with Gasteiger partial charge in [0.05, 0.1) is 0 Å². The first-order chi connectivity index (χ1) is 10.2. The Bertz CT molecular complexity index is 694. The zero-order chi connectivity index (χ0) is 14.8. The molecule has 0 amide bonds. The molecule has 0 spiro atoms. The van der Waals surface area contributed by atoms with Gasteiger partial charge in [-0.25, -0.2) is 15.0 Å². The highest BCUT2D eigenvalue weighted by Gasteiger charge is 2.21. The number of nitrogens with zero attached hydrogens (tertiary/aromatic N) is 4. The summed E-state index contributed by atoms with van der Waals surface area (Å²) < 4.78 is 0. The maximum absolute atomic E-state index is 9.36. The van der Waals surface area contributed by atoms with Crippen LogP contribution in [-0.2, 0) is 0 Å². The van der Waals surface area contributed by atoms with Gasteiger partial charge in [0.15, 0.2) is 0 Å². The highest BCUT2D eigenvalue weighted by Crippen LogP contribution is 2.36. The standard InChI is InChI=1S/C16H17N5/c1-10-19-8-12(9-20-10)13-6-15(11-4-2-3-5-11)21-16(18)14(13)7-17/h6,8-9,11H,2-5H2,1H3,(H2,18,21). The first kappa shape index (κ1) is 13.5. The Morgan fingerprint density at radius 1 is 1.24 bits per heavy atom. The Kier molecular flexibility index (Phi) is 3.53. The minimum absolute atomic E-state index is 0.303. The smallest absolute Gasteiger partial charge is 0.142 e. The second-order valence-corrected chi connectivity index (χ2v) is 5.47.